The van der Waals surface area contributed by atoms with E-state index in [1.165, 1.54) is 6.92 Å². The van der Waals surface area contributed by atoms with Crippen molar-refractivity contribution in [2.45, 2.75) is 25.8 Å². The van der Waals surface area contributed by atoms with Gasteiger partial charge in [0.25, 0.3) is 5.91 Å². The Morgan fingerprint density at radius 3 is 2.13 bits per heavy atom. The molecule has 1 N–H and O–H groups in total. The molecule has 78 valence electrons. The molecule has 2 rings (SSSR count). The molecule has 1 fully saturated rings. The zero-order valence-electron chi connectivity index (χ0n) is 8.62. The molecular weight excluding hydrogens is 190 g/mol. The van der Waals surface area contributed by atoms with E-state index in [2.05, 4.69) is 5.32 Å². The molecule has 0 bridgehead atoms. The van der Waals surface area contributed by atoms with Crippen molar-refractivity contribution in [2.75, 3.05) is 0 Å². The van der Waals surface area contributed by atoms with Crippen LogP contribution in [0.3, 0.4) is 0 Å². The summed E-state index contributed by atoms with van der Waals surface area (Å²) in [7, 11) is 0. The highest BCUT2D eigenvalue weighted by Gasteiger charge is 2.23. The summed E-state index contributed by atoms with van der Waals surface area (Å²) in [6, 6.07) is 7.11. The molecule has 0 atom stereocenters. The summed E-state index contributed by atoms with van der Waals surface area (Å²) in [5.41, 5.74) is 1.25. The van der Waals surface area contributed by atoms with Gasteiger partial charge in [0.1, 0.15) is 0 Å². The first-order chi connectivity index (χ1) is 7.16. The van der Waals surface area contributed by atoms with Crippen molar-refractivity contribution < 1.29 is 9.59 Å². The number of nitrogens with one attached hydrogen (secondary N) is 1. The normalized spacial score (nSPS) is 14.7. The molecule has 0 unspecified atom stereocenters. The Morgan fingerprint density at radius 2 is 1.67 bits per heavy atom. The summed E-state index contributed by atoms with van der Waals surface area (Å²) in [5, 5.41) is 2.89. The highest BCUT2D eigenvalue weighted by atomic mass is 16.1. The number of carbonyl (C=O) groups is 2. The Balaban J connectivity index is 2.08. The van der Waals surface area contributed by atoms with Crippen LogP contribution >= 0.6 is 0 Å². The number of amides is 1. The molecule has 0 aliphatic heterocycles. The molecule has 1 aliphatic carbocycles. The molecule has 0 saturated heterocycles. The van der Waals surface area contributed by atoms with E-state index >= 15 is 0 Å². The topological polar surface area (TPSA) is 46.2 Å². The van der Waals surface area contributed by atoms with E-state index in [-0.39, 0.29) is 11.7 Å². The van der Waals surface area contributed by atoms with Gasteiger partial charge >= 0.3 is 0 Å². The number of hydrogen-bond donors (Lipinski definition) is 1. The monoisotopic (exact) mass is 203 g/mol. The van der Waals surface area contributed by atoms with Crippen LogP contribution in [0.5, 0.6) is 0 Å². The van der Waals surface area contributed by atoms with Crippen LogP contribution in [0.2, 0.25) is 0 Å². The smallest absolute Gasteiger partial charge is 0.251 e. The predicted molar refractivity (Wildman–Crippen MR) is 56.9 cm³/mol. The van der Waals surface area contributed by atoms with Gasteiger partial charge in [-0.25, -0.2) is 0 Å². The molecule has 0 heterocycles. The Hall–Kier alpha value is -1.64. The first kappa shape index (κ1) is 9.90. The Bertz CT molecular complexity index is 391. The second-order valence-corrected chi connectivity index (χ2v) is 3.88. The van der Waals surface area contributed by atoms with E-state index in [0.717, 1.165) is 12.8 Å². The fourth-order valence-corrected chi connectivity index (χ4v) is 1.35. The molecule has 3 heteroatoms. The average molecular weight is 203 g/mol. The summed E-state index contributed by atoms with van der Waals surface area (Å²) in [4.78, 5) is 22.6. The number of rotatable bonds is 3. The largest absolute Gasteiger partial charge is 0.349 e. The minimum Gasteiger partial charge on any atom is -0.349 e. The van der Waals surface area contributed by atoms with Crippen LogP contribution in [0.25, 0.3) is 0 Å². The molecule has 0 aromatic heterocycles. The van der Waals surface area contributed by atoms with Crippen LogP contribution < -0.4 is 5.32 Å². The molecule has 1 aromatic carbocycles. The molecule has 0 radical (unpaired) electrons. The van der Waals surface area contributed by atoms with Gasteiger partial charge in [-0.05, 0) is 31.9 Å². The van der Waals surface area contributed by atoms with Crippen molar-refractivity contribution in [1.82, 2.24) is 5.32 Å². The van der Waals surface area contributed by atoms with E-state index < -0.39 is 0 Å². The lowest BCUT2D eigenvalue weighted by atomic mass is 10.1. The average Bonchev–Trinajstić information content (AvgIpc) is 3.02. The zero-order chi connectivity index (χ0) is 10.8. The maximum Gasteiger partial charge on any atom is 0.251 e. The van der Waals surface area contributed by atoms with Crippen LogP contribution in [0, 0.1) is 0 Å². The second kappa shape index (κ2) is 3.85. The fraction of sp³-hybridized carbons (Fsp3) is 0.333. The molecular formula is C12H13NO2. The van der Waals surface area contributed by atoms with E-state index in [4.69, 9.17) is 0 Å². The zero-order valence-corrected chi connectivity index (χ0v) is 8.62. The van der Waals surface area contributed by atoms with Crippen molar-refractivity contribution >= 4 is 11.7 Å². The maximum atomic E-state index is 11.6. The highest BCUT2D eigenvalue weighted by molar-refractivity contribution is 5.97. The summed E-state index contributed by atoms with van der Waals surface area (Å²) in [6.45, 7) is 1.51. The summed E-state index contributed by atoms with van der Waals surface area (Å²) in [5.74, 6) is -0.0308. The van der Waals surface area contributed by atoms with E-state index in [1.54, 1.807) is 24.3 Å². The quantitative estimate of drug-likeness (QED) is 0.761. The van der Waals surface area contributed by atoms with Gasteiger partial charge in [0, 0.05) is 17.2 Å². The lowest BCUT2D eigenvalue weighted by Crippen LogP contribution is -2.25. The summed E-state index contributed by atoms with van der Waals surface area (Å²) < 4.78 is 0. The van der Waals surface area contributed by atoms with Crippen molar-refractivity contribution in [3.63, 3.8) is 0 Å². The van der Waals surface area contributed by atoms with Gasteiger partial charge in [-0.1, -0.05) is 12.1 Å². The van der Waals surface area contributed by atoms with Crippen LogP contribution in [-0.2, 0) is 0 Å². The third-order valence-electron chi connectivity index (χ3n) is 2.47. The number of hydrogen-bond acceptors (Lipinski definition) is 2. The molecule has 0 spiro atoms. The molecule has 3 nitrogen and oxygen atoms in total. The molecule has 1 aromatic rings. The standard InChI is InChI=1S/C12H13NO2/c1-8(14)9-2-4-10(5-3-9)12(15)13-11-6-7-11/h2-5,11H,6-7H2,1H3,(H,13,15). The summed E-state index contributed by atoms with van der Waals surface area (Å²) >= 11 is 0. The number of benzene rings is 1. The minimum atomic E-state index is -0.0485. The minimum absolute atomic E-state index is 0.0177. The van der Waals surface area contributed by atoms with Crippen molar-refractivity contribution in [3.05, 3.63) is 35.4 Å². The van der Waals surface area contributed by atoms with Crippen LogP contribution in [0.15, 0.2) is 24.3 Å². The third kappa shape index (κ3) is 2.43. The van der Waals surface area contributed by atoms with Gasteiger partial charge in [-0.3, -0.25) is 9.59 Å². The molecule has 1 amide bonds. The van der Waals surface area contributed by atoms with Crippen LogP contribution in [-0.4, -0.2) is 17.7 Å². The van der Waals surface area contributed by atoms with E-state index in [0.29, 0.717) is 17.2 Å². The molecule has 15 heavy (non-hydrogen) atoms. The van der Waals surface area contributed by atoms with Gasteiger partial charge in [0.15, 0.2) is 5.78 Å². The Kier molecular flexibility index (Phi) is 2.54. The second-order valence-electron chi connectivity index (χ2n) is 3.88. The van der Waals surface area contributed by atoms with Crippen molar-refractivity contribution in [3.8, 4) is 0 Å². The summed E-state index contributed by atoms with van der Waals surface area (Å²) in [6.07, 6.45) is 2.16. The van der Waals surface area contributed by atoms with Gasteiger partial charge in [-0.15, -0.1) is 0 Å². The maximum absolute atomic E-state index is 11.6. The van der Waals surface area contributed by atoms with Crippen LogP contribution in [0.1, 0.15) is 40.5 Å². The lowest BCUT2D eigenvalue weighted by molar-refractivity contribution is 0.0949. The first-order valence-electron chi connectivity index (χ1n) is 5.08. The number of ketones is 1. The Morgan fingerprint density at radius 1 is 1.13 bits per heavy atom. The van der Waals surface area contributed by atoms with E-state index in [1.807, 2.05) is 0 Å². The van der Waals surface area contributed by atoms with Crippen molar-refractivity contribution in [1.29, 1.82) is 0 Å². The van der Waals surface area contributed by atoms with Gasteiger partial charge in [-0.2, -0.15) is 0 Å². The van der Waals surface area contributed by atoms with Crippen LogP contribution in [0.4, 0.5) is 0 Å². The molecule has 1 aliphatic rings. The third-order valence-corrected chi connectivity index (χ3v) is 2.47. The van der Waals surface area contributed by atoms with Gasteiger partial charge in [0.2, 0.25) is 0 Å². The number of Topliss-reactive ketones (excluding diaryl/α,β-unsaturated/α-hetero) is 1. The van der Waals surface area contributed by atoms with E-state index in [9.17, 15) is 9.59 Å². The van der Waals surface area contributed by atoms with Gasteiger partial charge in [0.05, 0.1) is 0 Å². The lowest BCUT2D eigenvalue weighted by Gasteiger charge is -2.03. The van der Waals surface area contributed by atoms with Crippen molar-refractivity contribution in [2.24, 2.45) is 0 Å². The fourth-order valence-electron chi connectivity index (χ4n) is 1.35. The first-order valence-corrected chi connectivity index (χ1v) is 5.08. The predicted octanol–water partition coefficient (Wildman–Crippen LogP) is 1.78. The molecule has 1 saturated carbocycles. The SMILES string of the molecule is CC(=O)c1ccc(C(=O)NC2CC2)cc1. The highest BCUT2D eigenvalue weighted by Crippen LogP contribution is 2.19. The Labute approximate surface area is 88.5 Å². The van der Waals surface area contributed by atoms with Gasteiger partial charge < -0.3 is 5.32 Å². The number of carbonyl (C=O) groups excluding carboxylic acids is 2.